The Balaban J connectivity index is 1.39. The van der Waals surface area contributed by atoms with Crippen molar-refractivity contribution in [1.82, 2.24) is 15.3 Å². The third-order valence-electron chi connectivity index (χ3n) is 4.02. The van der Waals surface area contributed by atoms with E-state index in [1.165, 1.54) is 12.8 Å². The second kappa shape index (κ2) is 6.30. The molecule has 0 bridgehead atoms. The van der Waals surface area contributed by atoms with Crippen LogP contribution in [0.2, 0.25) is 0 Å². The van der Waals surface area contributed by atoms with E-state index in [0.717, 1.165) is 29.1 Å². The van der Waals surface area contributed by atoms with Crippen LogP contribution in [0.15, 0.2) is 48.5 Å². The summed E-state index contributed by atoms with van der Waals surface area (Å²) >= 11 is 0. The van der Waals surface area contributed by atoms with Gasteiger partial charge in [0.25, 0.3) is 6.01 Å². The molecule has 2 N–H and O–H groups in total. The van der Waals surface area contributed by atoms with Gasteiger partial charge in [0.05, 0.1) is 11.0 Å². The molecule has 2 heterocycles. The van der Waals surface area contributed by atoms with Crippen LogP contribution in [-0.4, -0.2) is 29.2 Å². The van der Waals surface area contributed by atoms with Gasteiger partial charge in [0.1, 0.15) is 18.1 Å². The monoisotopic (exact) mass is 309 g/mol. The second-order valence-electron chi connectivity index (χ2n) is 5.74. The van der Waals surface area contributed by atoms with Gasteiger partial charge in [0.2, 0.25) is 0 Å². The van der Waals surface area contributed by atoms with Crippen LogP contribution in [0, 0.1) is 0 Å². The van der Waals surface area contributed by atoms with Crippen LogP contribution in [0.4, 0.5) is 0 Å². The summed E-state index contributed by atoms with van der Waals surface area (Å²) in [5.74, 6) is 1.59. The van der Waals surface area contributed by atoms with Crippen molar-refractivity contribution in [2.75, 3.05) is 13.2 Å². The fourth-order valence-electron chi connectivity index (χ4n) is 2.79. The van der Waals surface area contributed by atoms with Crippen LogP contribution in [-0.2, 0) is 0 Å². The van der Waals surface area contributed by atoms with Gasteiger partial charge in [-0.1, -0.05) is 12.1 Å². The Bertz CT molecular complexity index is 743. The Morgan fingerprint density at radius 3 is 2.65 bits per heavy atom. The summed E-state index contributed by atoms with van der Waals surface area (Å²) in [4.78, 5) is 7.55. The van der Waals surface area contributed by atoms with Crippen LogP contribution < -0.4 is 14.8 Å². The minimum Gasteiger partial charge on any atom is -0.492 e. The molecule has 4 rings (SSSR count). The first kappa shape index (κ1) is 14.1. The first-order valence-electron chi connectivity index (χ1n) is 7.96. The molecule has 23 heavy (non-hydrogen) atoms. The molecule has 0 spiro atoms. The highest BCUT2D eigenvalue weighted by molar-refractivity contribution is 5.75. The highest BCUT2D eigenvalue weighted by Crippen LogP contribution is 2.24. The van der Waals surface area contributed by atoms with E-state index in [0.29, 0.717) is 18.7 Å². The van der Waals surface area contributed by atoms with E-state index in [-0.39, 0.29) is 0 Å². The summed E-state index contributed by atoms with van der Waals surface area (Å²) < 4.78 is 11.6. The van der Waals surface area contributed by atoms with Gasteiger partial charge in [-0.25, -0.2) is 0 Å². The normalized spacial score (nSPS) is 17.5. The number of benzene rings is 2. The summed E-state index contributed by atoms with van der Waals surface area (Å²) in [5, 5.41) is 3.42. The number of imidazole rings is 1. The number of nitrogens with one attached hydrogen (secondary N) is 2. The molecule has 1 fully saturated rings. The fraction of sp³-hybridized carbons (Fsp3) is 0.278. The smallest absolute Gasteiger partial charge is 0.300 e. The van der Waals surface area contributed by atoms with Crippen molar-refractivity contribution < 1.29 is 9.47 Å². The lowest BCUT2D eigenvalue weighted by Gasteiger charge is -2.12. The van der Waals surface area contributed by atoms with Crippen molar-refractivity contribution >= 4 is 11.0 Å². The Kier molecular flexibility index (Phi) is 3.86. The molecule has 5 nitrogen and oxygen atoms in total. The Morgan fingerprint density at radius 2 is 1.87 bits per heavy atom. The molecule has 1 aromatic heterocycles. The predicted molar refractivity (Wildman–Crippen MR) is 89.1 cm³/mol. The van der Waals surface area contributed by atoms with Crippen LogP contribution >= 0.6 is 0 Å². The number of para-hydroxylation sites is 2. The van der Waals surface area contributed by atoms with Gasteiger partial charge in [-0.15, -0.1) is 0 Å². The number of aromatic nitrogens is 2. The van der Waals surface area contributed by atoms with E-state index in [1.807, 2.05) is 48.5 Å². The van der Waals surface area contributed by atoms with Gasteiger partial charge in [-0.2, -0.15) is 4.98 Å². The second-order valence-corrected chi connectivity index (χ2v) is 5.74. The molecular weight excluding hydrogens is 290 g/mol. The highest BCUT2D eigenvalue weighted by Gasteiger charge is 2.14. The number of ether oxygens (including phenoxy) is 2. The largest absolute Gasteiger partial charge is 0.492 e. The molecule has 1 aliphatic heterocycles. The number of hydrogen-bond donors (Lipinski definition) is 2. The molecule has 0 aliphatic carbocycles. The van der Waals surface area contributed by atoms with Gasteiger partial charge in [-0.3, -0.25) is 0 Å². The molecule has 0 amide bonds. The summed E-state index contributed by atoms with van der Waals surface area (Å²) in [5.41, 5.74) is 1.86. The SMILES string of the molecule is c1ccc2[nH]c(Oc3ccc(OC[C@H]4CCCN4)cc3)nc2c1. The molecule has 5 heteroatoms. The molecule has 2 aromatic carbocycles. The third kappa shape index (κ3) is 3.29. The van der Waals surface area contributed by atoms with E-state index >= 15 is 0 Å². The summed E-state index contributed by atoms with van der Waals surface area (Å²) in [6.45, 7) is 1.81. The molecule has 1 saturated heterocycles. The zero-order chi connectivity index (χ0) is 15.5. The topological polar surface area (TPSA) is 59.2 Å². The fourth-order valence-corrected chi connectivity index (χ4v) is 2.79. The van der Waals surface area contributed by atoms with Crippen LogP contribution in [0.25, 0.3) is 11.0 Å². The number of hydrogen-bond acceptors (Lipinski definition) is 4. The minimum atomic E-state index is 0.474. The van der Waals surface area contributed by atoms with Gasteiger partial charge >= 0.3 is 0 Å². The van der Waals surface area contributed by atoms with E-state index in [2.05, 4.69) is 15.3 Å². The Morgan fingerprint density at radius 1 is 1.04 bits per heavy atom. The van der Waals surface area contributed by atoms with E-state index < -0.39 is 0 Å². The lowest BCUT2D eigenvalue weighted by molar-refractivity contribution is 0.277. The van der Waals surface area contributed by atoms with E-state index in [9.17, 15) is 0 Å². The summed E-state index contributed by atoms with van der Waals surface area (Å²) in [7, 11) is 0. The summed E-state index contributed by atoms with van der Waals surface area (Å²) in [6, 6.07) is 16.5. The van der Waals surface area contributed by atoms with Gasteiger partial charge < -0.3 is 19.8 Å². The lowest BCUT2D eigenvalue weighted by atomic mass is 10.2. The van der Waals surface area contributed by atoms with Crippen molar-refractivity contribution in [3.63, 3.8) is 0 Å². The summed E-state index contributed by atoms with van der Waals surface area (Å²) in [6.07, 6.45) is 2.42. The zero-order valence-electron chi connectivity index (χ0n) is 12.8. The van der Waals surface area contributed by atoms with Crippen LogP contribution in [0.1, 0.15) is 12.8 Å². The van der Waals surface area contributed by atoms with Crippen molar-refractivity contribution in [2.24, 2.45) is 0 Å². The van der Waals surface area contributed by atoms with E-state index in [1.54, 1.807) is 0 Å². The Hall–Kier alpha value is -2.53. The van der Waals surface area contributed by atoms with Gasteiger partial charge in [-0.05, 0) is 55.8 Å². The molecule has 1 aliphatic rings. The highest BCUT2D eigenvalue weighted by atomic mass is 16.5. The molecule has 118 valence electrons. The number of H-pyrrole nitrogens is 1. The van der Waals surface area contributed by atoms with Crippen LogP contribution in [0.3, 0.4) is 0 Å². The molecule has 3 aromatic rings. The van der Waals surface area contributed by atoms with Crippen molar-refractivity contribution in [2.45, 2.75) is 18.9 Å². The molecule has 0 unspecified atom stereocenters. The van der Waals surface area contributed by atoms with E-state index in [4.69, 9.17) is 9.47 Å². The molecule has 0 radical (unpaired) electrons. The number of nitrogens with zero attached hydrogens (tertiary/aromatic N) is 1. The van der Waals surface area contributed by atoms with Crippen molar-refractivity contribution in [3.8, 4) is 17.5 Å². The predicted octanol–water partition coefficient (Wildman–Crippen LogP) is 3.49. The first-order chi connectivity index (χ1) is 11.4. The maximum atomic E-state index is 5.80. The first-order valence-corrected chi connectivity index (χ1v) is 7.96. The maximum Gasteiger partial charge on any atom is 0.300 e. The minimum absolute atomic E-state index is 0.474. The average Bonchev–Trinajstić information content (AvgIpc) is 3.23. The number of aromatic amines is 1. The third-order valence-corrected chi connectivity index (χ3v) is 4.02. The quantitative estimate of drug-likeness (QED) is 0.757. The molecular formula is C18H19N3O2. The Labute approximate surface area is 134 Å². The maximum absolute atomic E-state index is 5.80. The average molecular weight is 309 g/mol. The lowest BCUT2D eigenvalue weighted by Crippen LogP contribution is -2.28. The van der Waals surface area contributed by atoms with Crippen molar-refractivity contribution in [1.29, 1.82) is 0 Å². The van der Waals surface area contributed by atoms with Gasteiger partial charge in [0.15, 0.2) is 0 Å². The number of rotatable bonds is 5. The van der Waals surface area contributed by atoms with Crippen LogP contribution in [0.5, 0.6) is 17.5 Å². The molecule has 0 saturated carbocycles. The van der Waals surface area contributed by atoms with Gasteiger partial charge in [0, 0.05) is 6.04 Å². The van der Waals surface area contributed by atoms with Crippen molar-refractivity contribution in [3.05, 3.63) is 48.5 Å². The zero-order valence-corrected chi connectivity index (χ0v) is 12.8. The number of fused-ring (bicyclic) bond motifs is 1. The standard InChI is InChI=1S/C18H19N3O2/c1-2-6-17-16(5-1)20-18(21-17)23-15-9-7-14(8-10-15)22-12-13-4-3-11-19-13/h1-2,5-10,13,19H,3-4,11-12H2,(H,20,21)/t13-/m1/s1. The molecule has 1 atom stereocenters.